The minimum atomic E-state index is -0.506. The molecular weight excluding hydrogens is 481 g/mol. The Hall–Kier alpha value is -2.37. The highest BCUT2D eigenvalue weighted by atomic mass is 32.2. The van der Waals surface area contributed by atoms with Gasteiger partial charge >= 0.3 is 0 Å². The number of thiazole rings is 1. The predicted octanol–water partition coefficient (Wildman–Crippen LogP) is 5.19. The Morgan fingerprint density at radius 3 is 2.64 bits per heavy atom. The molecule has 1 fully saturated rings. The largest absolute Gasteiger partial charge is 0.349 e. The molecule has 1 aliphatic heterocycles. The summed E-state index contributed by atoms with van der Waals surface area (Å²) in [5.74, 6) is -0.0888. The maximum atomic E-state index is 14.7. The maximum absolute atomic E-state index is 14.7. The fourth-order valence-electron chi connectivity index (χ4n) is 3.62. The number of thioether (sulfide) groups is 1. The molecule has 170 valence electrons. The highest BCUT2D eigenvalue weighted by Crippen LogP contribution is 2.29. The Bertz CT molecular complexity index is 1470. The number of para-hydroxylation sites is 1. The number of hydrogen-bond acceptors (Lipinski definition) is 7. The zero-order valence-electron chi connectivity index (χ0n) is 17.9. The van der Waals surface area contributed by atoms with Gasteiger partial charge in [0.15, 0.2) is 21.0 Å². The van der Waals surface area contributed by atoms with E-state index in [1.807, 2.05) is 36.6 Å². The van der Waals surface area contributed by atoms with Crippen molar-refractivity contribution in [2.75, 3.05) is 19.0 Å². The Morgan fingerprint density at radius 2 is 1.91 bits per heavy atom. The number of hydrogen-bond donors (Lipinski definition) is 0. The molecule has 2 aromatic carbocycles. The van der Waals surface area contributed by atoms with Crippen LogP contribution < -0.4 is 5.56 Å². The molecule has 0 saturated carbocycles. The number of halogens is 1. The number of benzene rings is 2. The van der Waals surface area contributed by atoms with Gasteiger partial charge in [-0.1, -0.05) is 41.3 Å². The highest BCUT2D eigenvalue weighted by Gasteiger charge is 2.23. The Kier molecular flexibility index (Phi) is 6.19. The van der Waals surface area contributed by atoms with Gasteiger partial charge < -0.3 is 9.47 Å². The molecule has 5 rings (SSSR count). The van der Waals surface area contributed by atoms with Crippen molar-refractivity contribution in [1.29, 1.82) is 0 Å². The molecule has 0 aliphatic carbocycles. The Balaban J connectivity index is 1.74. The van der Waals surface area contributed by atoms with E-state index in [0.717, 1.165) is 16.8 Å². The molecule has 33 heavy (non-hydrogen) atoms. The van der Waals surface area contributed by atoms with Gasteiger partial charge in [-0.15, -0.1) is 0 Å². The fourth-order valence-corrected chi connectivity index (χ4v) is 5.86. The van der Waals surface area contributed by atoms with Crippen LogP contribution in [0.15, 0.2) is 52.4 Å². The quantitative estimate of drug-likeness (QED) is 0.213. The molecule has 0 spiro atoms. The molecule has 0 unspecified atom stereocenters. The van der Waals surface area contributed by atoms with E-state index in [-0.39, 0.29) is 11.2 Å². The van der Waals surface area contributed by atoms with Crippen LogP contribution in [-0.2, 0) is 9.47 Å². The summed E-state index contributed by atoms with van der Waals surface area (Å²) in [5.41, 5.74) is 3.35. The minimum absolute atomic E-state index is 0.143. The van der Waals surface area contributed by atoms with E-state index in [0.29, 0.717) is 38.4 Å². The first-order valence-electron chi connectivity index (χ1n) is 10.3. The molecule has 4 aromatic rings. The third-order valence-electron chi connectivity index (χ3n) is 5.46. The average molecular weight is 502 g/mol. The fraction of sp³-hybridized carbons (Fsp3) is 0.261. The van der Waals surface area contributed by atoms with Crippen LogP contribution in [0.5, 0.6) is 0 Å². The summed E-state index contributed by atoms with van der Waals surface area (Å²) in [7, 11) is 0. The van der Waals surface area contributed by atoms with Gasteiger partial charge in [0.25, 0.3) is 5.56 Å². The van der Waals surface area contributed by atoms with Crippen molar-refractivity contribution >= 4 is 45.7 Å². The zero-order chi connectivity index (χ0) is 23.1. The van der Waals surface area contributed by atoms with Crippen molar-refractivity contribution in [2.45, 2.75) is 25.3 Å². The molecule has 0 radical (unpaired) electrons. The number of fused-ring (bicyclic) bond motifs is 1. The van der Waals surface area contributed by atoms with Crippen molar-refractivity contribution in [2.24, 2.45) is 0 Å². The Morgan fingerprint density at radius 1 is 1.15 bits per heavy atom. The van der Waals surface area contributed by atoms with Gasteiger partial charge in [0, 0.05) is 5.69 Å². The van der Waals surface area contributed by atoms with E-state index in [9.17, 15) is 9.18 Å². The lowest BCUT2D eigenvalue weighted by atomic mass is 10.1. The van der Waals surface area contributed by atoms with E-state index < -0.39 is 12.1 Å². The standard InChI is InChI=1S/C23H20FN3O3S3/c1-13-7-8-15(11-14(13)2)26-20-19(33-23(26)31)21(28)27(17-6-4-3-5-16(17)24)22(25-20)32-12-18-29-9-10-30-18/h3-8,11,18H,9-10,12H2,1-2H3. The van der Waals surface area contributed by atoms with E-state index in [2.05, 4.69) is 0 Å². The van der Waals surface area contributed by atoms with Gasteiger partial charge in [-0.2, -0.15) is 0 Å². The molecule has 1 saturated heterocycles. The lowest BCUT2D eigenvalue weighted by Crippen LogP contribution is -2.23. The van der Waals surface area contributed by atoms with E-state index in [1.165, 1.54) is 33.7 Å². The monoisotopic (exact) mass is 501 g/mol. The third kappa shape index (κ3) is 4.17. The van der Waals surface area contributed by atoms with Crippen molar-refractivity contribution < 1.29 is 13.9 Å². The van der Waals surface area contributed by atoms with Gasteiger partial charge in [0.2, 0.25) is 0 Å². The summed E-state index contributed by atoms with van der Waals surface area (Å²) >= 11 is 8.09. The topological polar surface area (TPSA) is 58.3 Å². The lowest BCUT2D eigenvalue weighted by Gasteiger charge is -2.15. The predicted molar refractivity (Wildman–Crippen MR) is 131 cm³/mol. The van der Waals surface area contributed by atoms with Crippen LogP contribution in [0.25, 0.3) is 21.7 Å². The number of nitrogens with zero attached hydrogens (tertiary/aromatic N) is 3. The highest BCUT2D eigenvalue weighted by molar-refractivity contribution is 7.99. The smallest absolute Gasteiger partial charge is 0.278 e. The zero-order valence-corrected chi connectivity index (χ0v) is 20.4. The van der Waals surface area contributed by atoms with Crippen LogP contribution in [0.1, 0.15) is 11.1 Å². The second-order valence-corrected chi connectivity index (χ2v) is 10.2. The lowest BCUT2D eigenvalue weighted by molar-refractivity contribution is -0.0215. The van der Waals surface area contributed by atoms with Gasteiger partial charge in [0.1, 0.15) is 10.5 Å². The summed E-state index contributed by atoms with van der Waals surface area (Å²) in [6.45, 7) is 5.11. The van der Waals surface area contributed by atoms with Crippen molar-refractivity contribution in [3.05, 3.63) is 73.7 Å². The number of rotatable bonds is 5. The van der Waals surface area contributed by atoms with Crippen molar-refractivity contribution in [3.63, 3.8) is 0 Å². The molecule has 0 amide bonds. The summed E-state index contributed by atoms with van der Waals surface area (Å²) in [6.07, 6.45) is -0.402. The molecule has 0 N–H and O–H groups in total. The second-order valence-electron chi connectivity index (χ2n) is 7.59. The van der Waals surface area contributed by atoms with Crippen molar-refractivity contribution in [1.82, 2.24) is 14.1 Å². The molecular formula is C23H20FN3O3S3. The summed E-state index contributed by atoms with van der Waals surface area (Å²) in [6, 6.07) is 12.2. The van der Waals surface area contributed by atoms with Crippen LogP contribution in [-0.4, -0.2) is 39.4 Å². The molecule has 10 heteroatoms. The molecule has 0 bridgehead atoms. The average Bonchev–Trinajstić information content (AvgIpc) is 3.43. The van der Waals surface area contributed by atoms with Gasteiger partial charge in [0.05, 0.1) is 24.7 Å². The summed E-state index contributed by atoms with van der Waals surface area (Å²) in [4.78, 5) is 18.5. The minimum Gasteiger partial charge on any atom is -0.349 e. The van der Waals surface area contributed by atoms with E-state index >= 15 is 0 Å². The summed E-state index contributed by atoms with van der Waals surface area (Å²) < 4.78 is 29.8. The van der Waals surface area contributed by atoms with Gasteiger partial charge in [-0.25, -0.2) is 9.37 Å². The molecule has 1 aliphatic rings. The Labute approximate surface area is 202 Å². The summed E-state index contributed by atoms with van der Waals surface area (Å²) in [5, 5.41) is 0.349. The normalized spacial score (nSPS) is 14.4. The van der Waals surface area contributed by atoms with Gasteiger partial charge in [-0.05, 0) is 61.5 Å². The van der Waals surface area contributed by atoms with E-state index in [4.69, 9.17) is 26.7 Å². The molecule has 2 aromatic heterocycles. The van der Waals surface area contributed by atoms with Crippen LogP contribution in [0.4, 0.5) is 4.39 Å². The maximum Gasteiger partial charge on any atom is 0.278 e. The van der Waals surface area contributed by atoms with E-state index in [1.54, 1.807) is 18.2 Å². The number of aryl methyl sites for hydroxylation is 2. The SMILES string of the molecule is Cc1ccc(-n2c(=S)sc3c(=O)n(-c4ccccc4F)c(SCC4OCCO4)nc32)cc1C. The van der Waals surface area contributed by atoms with Crippen molar-refractivity contribution in [3.8, 4) is 11.4 Å². The molecule has 3 heterocycles. The third-order valence-corrected chi connectivity index (χ3v) is 7.78. The molecule has 0 atom stereocenters. The van der Waals surface area contributed by atoms with Crippen LogP contribution in [0.3, 0.4) is 0 Å². The number of ether oxygens (including phenoxy) is 2. The first-order valence-corrected chi connectivity index (χ1v) is 12.5. The van der Waals surface area contributed by atoms with Crippen LogP contribution in [0, 0.1) is 23.6 Å². The number of aromatic nitrogens is 3. The second kappa shape index (κ2) is 9.11. The van der Waals surface area contributed by atoms with Crippen LogP contribution in [0.2, 0.25) is 0 Å². The first-order chi connectivity index (χ1) is 15.9. The first kappa shape index (κ1) is 22.4. The van der Waals surface area contributed by atoms with Gasteiger partial charge in [-0.3, -0.25) is 13.9 Å². The molecule has 6 nitrogen and oxygen atoms in total. The van der Waals surface area contributed by atoms with Crippen LogP contribution >= 0.6 is 35.3 Å².